The van der Waals surface area contributed by atoms with Crippen molar-refractivity contribution in [3.63, 3.8) is 0 Å². The van der Waals surface area contributed by atoms with Gasteiger partial charge in [-0.2, -0.15) is 0 Å². The quantitative estimate of drug-likeness (QED) is 0.640. The van der Waals surface area contributed by atoms with Crippen molar-refractivity contribution in [2.45, 2.75) is 19.8 Å². The van der Waals surface area contributed by atoms with Gasteiger partial charge in [0.25, 0.3) is 11.8 Å². The third-order valence-corrected chi connectivity index (χ3v) is 7.10. The molecule has 0 radical (unpaired) electrons. The molecule has 2 saturated heterocycles. The summed E-state index contributed by atoms with van der Waals surface area (Å²) in [6.07, 6.45) is 0.670. The molecular formula is C27H31ClN4O5. The highest BCUT2D eigenvalue weighted by Gasteiger charge is 2.30. The molecule has 0 spiro atoms. The van der Waals surface area contributed by atoms with Crippen molar-refractivity contribution in [1.29, 1.82) is 0 Å². The van der Waals surface area contributed by atoms with Crippen molar-refractivity contribution >= 4 is 41.1 Å². The number of likely N-dealkylation sites (tertiary alicyclic amines) is 1. The number of nitrogens with zero attached hydrogens (tertiary/aromatic N) is 3. The first-order chi connectivity index (χ1) is 17.9. The number of rotatable bonds is 5. The number of nitrogens with one attached hydrogen (secondary N) is 1. The zero-order valence-electron chi connectivity index (χ0n) is 20.8. The molecule has 10 heteroatoms. The molecule has 0 bridgehead atoms. The van der Waals surface area contributed by atoms with Gasteiger partial charge in [-0.05, 0) is 44.0 Å². The van der Waals surface area contributed by atoms with Gasteiger partial charge in [0.1, 0.15) is 0 Å². The van der Waals surface area contributed by atoms with Crippen LogP contribution >= 0.6 is 11.6 Å². The van der Waals surface area contributed by atoms with E-state index in [0.29, 0.717) is 80.6 Å². The number of halogens is 1. The molecule has 4 rings (SSSR count). The second-order valence-corrected chi connectivity index (χ2v) is 9.47. The van der Waals surface area contributed by atoms with Crippen LogP contribution in [0.5, 0.6) is 0 Å². The lowest BCUT2D eigenvalue weighted by atomic mass is 9.95. The Morgan fingerprint density at radius 3 is 2.00 bits per heavy atom. The van der Waals surface area contributed by atoms with E-state index in [1.54, 1.807) is 70.2 Å². The van der Waals surface area contributed by atoms with Gasteiger partial charge in [-0.15, -0.1) is 0 Å². The van der Waals surface area contributed by atoms with Crippen LogP contribution < -0.4 is 5.32 Å². The zero-order valence-corrected chi connectivity index (χ0v) is 21.6. The number of carbonyl (C=O) groups excluding carboxylic acids is 4. The van der Waals surface area contributed by atoms with E-state index in [2.05, 4.69) is 5.32 Å². The summed E-state index contributed by atoms with van der Waals surface area (Å²) in [4.78, 5) is 56.1. The van der Waals surface area contributed by atoms with Gasteiger partial charge in [-0.25, -0.2) is 4.79 Å². The number of piperazine rings is 1. The molecule has 2 aliphatic rings. The van der Waals surface area contributed by atoms with Gasteiger partial charge in [-0.1, -0.05) is 35.9 Å². The van der Waals surface area contributed by atoms with E-state index < -0.39 is 0 Å². The largest absolute Gasteiger partial charge is 0.450 e. The third-order valence-electron chi connectivity index (χ3n) is 6.77. The standard InChI is InChI=1S/C27H31ClN4O5/c1-2-37-27(36)32-17-15-31(16-18-32)26(35)21-8-4-6-10-23(21)29-24(33)19-11-13-30(14-12-19)25(34)20-7-3-5-9-22(20)28/h3-10,19H,2,11-18H2,1H3,(H,29,33). The van der Waals surface area contributed by atoms with Crippen LogP contribution in [-0.4, -0.2) is 84.4 Å². The molecule has 196 valence electrons. The lowest BCUT2D eigenvalue weighted by Gasteiger charge is -2.34. The Labute approximate surface area is 221 Å². The van der Waals surface area contributed by atoms with Crippen LogP contribution in [0.15, 0.2) is 48.5 Å². The molecule has 2 aromatic carbocycles. The molecule has 0 unspecified atom stereocenters. The van der Waals surface area contributed by atoms with Crippen molar-refractivity contribution < 1.29 is 23.9 Å². The Balaban J connectivity index is 1.33. The highest BCUT2D eigenvalue weighted by atomic mass is 35.5. The Morgan fingerprint density at radius 1 is 0.811 bits per heavy atom. The number of benzene rings is 2. The van der Waals surface area contributed by atoms with Gasteiger partial charge < -0.3 is 24.8 Å². The number of ether oxygens (including phenoxy) is 1. The van der Waals surface area contributed by atoms with E-state index in [1.165, 1.54) is 0 Å². The van der Waals surface area contributed by atoms with Gasteiger partial charge in [0.05, 0.1) is 28.4 Å². The first-order valence-corrected chi connectivity index (χ1v) is 12.9. The summed E-state index contributed by atoms with van der Waals surface area (Å²) in [6, 6.07) is 13.9. The van der Waals surface area contributed by atoms with Crippen molar-refractivity contribution in [2.24, 2.45) is 5.92 Å². The van der Waals surface area contributed by atoms with Crippen molar-refractivity contribution in [1.82, 2.24) is 14.7 Å². The predicted molar refractivity (Wildman–Crippen MR) is 140 cm³/mol. The fourth-order valence-corrected chi connectivity index (χ4v) is 4.86. The highest BCUT2D eigenvalue weighted by Crippen LogP contribution is 2.25. The maximum Gasteiger partial charge on any atom is 0.409 e. The number of hydrogen-bond donors (Lipinski definition) is 1. The summed E-state index contributed by atoms with van der Waals surface area (Å²) < 4.78 is 5.04. The number of para-hydroxylation sites is 1. The fraction of sp³-hybridized carbons (Fsp3) is 0.407. The minimum absolute atomic E-state index is 0.136. The summed E-state index contributed by atoms with van der Waals surface area (Å²) in [5.41, 5.74) is 1.33. The van der Waals surface area contributed by atoms with Crippen LogP contribution in [0.4, 0.5) is 10.5 Å². The summed E-state index contributed by atoms with van der Waals surface area (Å²) >= 11 is 6.17. The molecule has 0 aromatic heterocycles. The highest BCUT2D eigenvalue weighted by molar-refractivity contribution is 6.33. The van der Waals surface area contributed by atoms with Gasteiger partial charge in [0.2, 0.25) is 5.91 Å². The Hall–Kier alpha value is -3.59. The molecule has 0 atom stereocenters. The van der Waals surface area contributed by atoms with E-state index in [1.807, 2.05) is 0 Å². The average Bonchev–Trinajstić information content (AvgIpc) is 2.93. The monoisotopic (exact) mass is 526 g/mol. The fourth-order valence-electron chi connectivity index (χ4n) is 4.64. The van der Waals surface area contributed by atoms with E-state index in [-0.39, 0.29) is 29.7 Å². The molecule has 0 saturated carbocycles. The van der Waals surface area contributed by atoms with Crippen LogP contribution in [0.3, 0.4) is 0 Å². The second kappa shape index (κ2) is 12.1. The molecule has 9 nitrogen and oxygen atoms in total. The number of piperidine rings is 1. The molecule has 1 N–H and O–H groups in total. The van der Waals surface area contributed by atoms with Gasteiger partial charge in [0, 0.05) is 45.2 Å². The van der Waals surface area contributed by atoms with Crippen LogP contribution in [-0.2, 0) is 9.53 Å². The lowest BCUT2D eigenvalue weighted by molar-refractivity contribution is -0.121. The Bertz CT molecular complexity index is 1160. The topological polar surface area (TPSA) is 99.3 Å². The van der Waals surface area contributed by atoms with Crippen LogP contribution in [0.25, 0.3) is 0 Å². The first-order valence-electron chi connectivity index (χ1n) is 12.5. The lowest BCUT2D eigenvalue weighted by Crippen LogP contribution is -2.50. The van der Waals surface area contributed by atoms with Crippen molar-refractivity contribution in [2.75, 3.05) is 51.2 Å². The average molecular weight is 527 g/mol. The first kappa shape index (κ1) is 26.5. The van der Waals surface area contributed by atoms with Gasteiger partial charge >= 0.3 is 6.09 Å². The van der Waals surface area contributed by atoms with Crippen LogP contribution in [0.2, 0.25) is 5.02 Å². The van der Waals surface area contributed by atoms with E-state index >= 15 is 0 Å². The predicted octanol–water partition coefficient (Wildman–Crippen LogP) is 3.75. The smallest absolute Gasteiger partial charge is 0.409 e. The molecule has 2 heterocycles. The molecular weight excluding hydrogens is 496 g/mol. The summed E-state index contributed by atoms with van der Waals surface area (Å²) in [5.74, 6) is -0.771. The maximum atomic E-state index is 13.2. The molecule has 2 aliphatic heterocycles. The van der Waals surface area contributed by atoms with Crippen molar-refractivity contribution in [3.8, 4) is 0 Å². The Kier molecular flexibility index (Phi) is 8.66. The Morgan fingerprint density at radius 2 is 1.35 bits per heavy atom. The molecule has 2 aromatic rings. The van der Waals surface area contributed by atoms with E-state index in [0.717, 1.165) is 0 Å². The number of carbonyl (C=O) groups is 4. The number of amides is 4. The third kappa shape index (κ3) is 6.22. The minimum Gasteiger partial charge on any atom is -0.450 e. The van der Waals surface area contributed by atoms with Crippen LogP contribution in [0.1, 0.15) is 40.5 Å². The second-order valence-electron chi connectivity index (χ2n) is 9.06. The van der Waals surface area contributed by atoms with Gasteiger partial charge in [0.15, 0.2) is 0 Å². The maximum absolute atomic E-state index is 13.2. The van der Waals surface area contributed by atoms with Crippen LogP contribution in [0, 0.1) is 5.92 Å². The summed E-state index contributed by atoms with van der Waals surface area (Å²) in [6.45, 7) is 4.53. The normalized spacial score (nSPS) is 16.3. The summed E-state index contributed by atoms with van der Waals surface area (Å²) in [7, 11) is 0. The van der Waals surface area contributed by atoms with E-state index in [4.69, 9.17) is 16.3 Å². The molecule has 37 heavy (non-hydrogen) atoms. The van der Waals surface area contributed by atoms with Gasteiger partial charge in [-0.3, -0.25) is 14.4 Å². The molecule has 4 amide bonds. The SMILES string of the molecule is CCOC(=O)N1CCN(C(=O)c2ccccc2NC(=O)C2CCN(C(=O)c3ccccc3Cl)CC2)CC1. The number of hydrogen-bond acceptors (Lipinski definition) is 5. The molecule has 0 aliphatic carbocycles. The zero-order chi connectivity index (χ0) is 26.4. The molecule has 2 fully saturated rings. The number of anilines is 1. The summed E-state index contributed by atoms with van der Waals surface area (Å²) in [5, 5.41) is 3.35. The van der Waals surface area contributed by atoms with Crippen molar-refractivity contribution in [3.05, 3.63) is 64.7 Å². The van der Waals surface area contributed by atoms with E-state index in [9.17, 15) is 19.2 Å². The minimum atomic E-state index is -0.373.